The Morgan fingerprint density at radius 3 is 2.86 bits per heavy atom. The molecule has 1 aliphatic rings. The molecule has 4 heterocycles. The van der Waals surface area contributed by atoms with E-state index < -0.39 is 23.9 Å². The van der Waals surface area contributed by atoms with Crippen LogP contribution >= 0.6 is 0 Å². The van der Waals surface area contributed by atoms with E-state index >= 15 is 0 Å². The molecule has 188 valence electrons. The number of fused-ring (bicyclic) bond motifs is 2. The number of aromatic amines is 2. The first kappa shape index (κ1) is 23.7. The Bertz CT molecular complexity index is 1470. The van der Waals surface area contributed by atoms with Gasteiger partial charge in [-0.25, -0.2) is 19.2 Å². The lowest BCUT2D eigenvalue weighted by Crippen LogP contribution is -2.49. The summed E-state index contributed by atoms with van der Waals surface area (Å²) in [6.07, 6.45) is 3.35. The van der Waals surface area contributed by atoms with E-state index in [4.69, 9.17) is 4.74 Å². The first-order valence-corrected chi connectivity index (χ1v) is 11.7. The number of hydrogen-bond donors (Lipinski definition) is 3. The number of rotatable bonds is 4. The van der Waals surface area contributed by atoms with Gasteiger partial charge in [0.05, 0.1) is 22.8 Å². The highest BCUT2D eigenvalue weighted by molar-refractivity contribution is 6.05. The fraction of sp³-hybridized carbons (Fsp3) is 0.400. The summed E-state index contributed by atoms with van der Waals surface area (Å²) in [6, 6.07) is 5.19. The molecule has 1 aromatic carbocycles. The Morgan fingerprint density at radius 1 is 1.31 bits per heavy atom. The molecule has 2 amide bonds. The minimum atomic E-state index is -0.616. The van der Waals surface area contributed by atoms with Crippen molar-refractivity contribution in [3.8, 4) is 11.4 Å². The molecular weight excluding hydrogens is 465 g/mol. The van der Waals surface area contributed by atoms with E-state index in [1.54, 1.807) is 35.5 Å². The molecule has 10 nitrogen and oxygen atoms in total. The van der Waals surface area contributed by atoms with Crippen molar-refractivity contribution in [3.63, 3.8) is 0 Å². The van der Waals surface area contributed by atoms with E-state index in [-0.39, 0.29) is 5.91 Å². The molecule has 1 unspecified atom stereocenters. The molecule has 3 aromatic heterocycles. The maximum absolute atomic E-state index is 13.3. The van der Waals surface area contributed by atoms with Crippen LogP contribution in [0.25, 0.3) is 33.5 Å². The second kappa shape index (κ2) is 8.58. The zero-order valence-electron chi connectivity index (χ0n) is 20.6. The van der Waals surface area contributed by atoms with E-state index in [9.17, 15) is 14.0 Å². The molecule has 0 aliphatic carbocycles. The second-order valence-electron chi connectivity index (χ2n) is 10.4. The van der Waals surface area contributed by atoms with Gasteiger partial charge in [0, 0.05) is 24.7 Å². The molecule has 0 radical (unpaired) electrons. The number of hydrogen-bond acceptors (Lipinski definition) is 6. The van der Waals surface area contributed by atoms with Crippen LogP contribution in [0.2, 0.25) is 0 Å². The van der Waals surface area contributed by atoms with Gasteiger partial charge in [0.1, 0.15) is 29.2 Å². The predicted octanol–water partition coefficient (Wildman–Crippen LogP) is 4.10. The lowest BCUT2D eigenvalue weighted by Gasteiger charge is -2.27. The molecule has 1 aliphatic heterocycles. The molecule has 11 heteroatoms. The lowest BCUT2D eigenvalue weighted by molar-refractivity contribution is 0.0280. The highest BCUT2D eigenvalue weighted by Gasteiger charge is 2.39. The van der Waals surface area contributed by atoms with Gasteiger partial charge >= 0.3 is 6.09 Å². The van der Waals surface area contributed by atoms with Gasteiger partial charge in [0.25, 0.3) is 5.91 Å². The van der Waals surface area contributed by atoms with Crippen molar-refractivity contribution in [3.05, 3.63) is 41.7 Å². The van der Waals surface area contributed by atoms with Crippen LogP contribution in [-0.2, 0) is 11.4 Å². The Morgan fingerprint density at radius 2 is 2.11 bits per heavy atom. The number of halogens is 1. The van der Waals surface area contributed by atoms with Crippen LogP contribution in [0.4, 0.5) is 9.18 Å². The summed E-state index contributed by atoms with van der Waals surface area (Å²) < 4.78 is 18.5. The maximum Gasteiger partial charge on any atom is 0.410 e. The Hall–Kier alpha value is -4.02. The third-order valence-corrected chi connectivity index (χ3v) is 6.19. The summed E-state index contributed by atoms with van der Waals surface area (Å²) in [5, 5.41) is 11.1. The van der Waals surface area contributed by atoms with Gasteiger partial charge < -0.3 is 19.9 Å². The fourth-order valence-corrected chi connectivity index (χ4v) is 4.41. The first-order chi connectivity index (χ1) is 17.0. The number of carbonyl (C=O) groups excluding carboxylic acids is 2. The molecule has 4 aromatic rings. The molecule has 5 rings (SSSR count). The van der Waals surface area contributed by atoms with Gasteiger partial charge in [-0.3, -0.25) is 9.89 Å². The molecule has 1 saturated heterocycles. The predicted molar refractivity (Wildman–Crippen MR) is 132 cm³/mol. The van der Waals surface area contributed by atoms with Crippen LogP contribution in [0.1, 0.15) is 50.0 Å². The Balaban J connectivity index is 1.38. The number of aromatic nitrogens is 5. The van der Waals surface area contributed by atoms with Crippen LogP contribution in [0.15, 0.2) is 30.6 Å². The fourth-order valence-electron chi connectivity index (χ4n) is 4.41. The first-order valence-electron chi connectivity index (χ1n) is 11.7. The van der Waals surface area contributed by atoms with Crippen LogP contribution in [0, 0.1) is 0 Å². The van der Waals surface area contributed by atoms with Gasteiger partial charge in [-0.2, -0.15) is 5.10 Å². The summed E-state index contributed by atoms with van der Waals surface area (Å²) in [5.41, 5.74) is 2.31. The third kappa shape index (κ3) is 4.48. The SMILES string of the molecule is CC1(NC(=O)c2c[nH]c3ncc(-c4n[nH]c5cc(CF)ccc45)nc23)CCN(C(=O)OC(C)(C)C)C1. The maximum atomic E-state index is 13.3. The summed E-state index contributed by atoms with van der Waals surface area (Å²) in [4.78, 5) is 39.4. The number of H-pyrrole nitrogens is 2. The number of likely N-dealkylation sites (tertiary alicyclic amines) is 1. The number of alkyl halides is 1. The zero-order valence-corrected chi connectivity index (χ0v) is 20.6. The van der Waals surface area contributed by atoms with Gasteiger partial charge in [0.15, 0.2) is 5.65 Å². The number of carbonyl (C=O) groups is 2. The molecule has 0 bridgehead atoms. The van der Waals surface area contributed by atoms with Crippen LogP contribution in [0.3, 0.4) is 0 Å². The van der Waals surface area contributed by atoms with Crippen LogP contribution < -0.4 is 5.32 Å². The minimum Gasteiger partial charge on any atom is -0.444 e. The van der Waals surface area contributed by atoms with Gasteiger partial charge in [-0.05, 0) is 45.7 Å². The standard InChI is InChI=1S/C25H28FN7O3/c1-24(2,3)36-23(35)33-8-7-25(4,13-33)30-22(34)16-11-27-21-20(16)29-18(12-28-21)19-15-6-5-14(10-26)9-17(15)31-32-19/h5-6,9,11-12H,7-8,10,13H2,1-4H3,(H,27,28)(H,30,34)(H,31,32). The molecular formula is C25H28FN7O3. The van der Waals surface area contributed by atoms with Gasteiger partial charge in [-0.1, -0.05) is 12.1 Å². The highest BCUT2D eigenvalue weighted by Crippen LogP contribution is 2.28. The summed E-state index contributed by atoms with van der Waals surface area (Å²) >= 11 is 0. The zero-order chi connectivity index (χ0) is 25.7. The largest absolute Gasteiger partial charge is 0.444 e. The highest BCUT2D eigenvalue weighted by atomic mass is 19.1. The minimum absolute atomic E-state index is 0.319. The summed E-state index contributed by atoms with van der Waals surface area (Å²) in [6.45, 7) is 7.63. The second-order valence-corrected chi connectivity index (χ2v) is 10.4. The van der Waals surface area contributed by atoms with Crippen LogP contribution in [-0.4, -0.2) is 66.3 Å². The Labute approximate surface area is 206 Å². The van der Waals surface area contributed by atoms with Gasteiger partial charge in [0.2, 0.25) is 0 Å². The summed E-state index contributed by atoms with van der Waals surface area (Å²) in [7, 11) is 0. The number of ether oxygens (including phenoxy) is 1. The van der Waals surface area contributed by atoms with Crippen LogP contribution in [0.5, 0.6) is 0 Å². The van der Waals surface area contributed by atoms with Crippen molar-refractivity contribution >= 4 is 34.1 Å². The van der Waals surface area contributed by atoms with E-state index in [0.717, 1.165) is 5.39 Å². The topological polar surface area (TPSA) is 129 Å². The van der Waals surface area contributed by atoms with Crippen molar-refractivity contribution in [1.29, 1.82) is 0 Å². The molecule has 0 spiro atoms. The summed E-state index contributed by atoms with van der Waals surface area (Å²) in [5.74, 6) is -0.319. The third-order valence-electron chi connectivity index (χ3n) is 6.19. The van der Waals surface area contributed by atoms with Gasteiger partial charge in [-0.15, -0.1) is 0 Å². The average Bonchev–Trinajstić information content (AvgIpc) is 3.53. The van der Waals surface area contributed by atoms with Crippen molar-refractivity contribution in [2.45, 2.75) is 51.9 Å². The van der Waals surface area contributed by atoms with E-state index in [1.807, 2.05) is 27.7 Å². The van der Waals surface area contributed by atoms with Crippen molar-refractivity contribution < 1.29 is 18.7 Å². The molecule has 0 saturated carbocycles. The monoisotopic (exact) mass is 493 g/mol. The van der Waals surface area contributed by atoms with E-state index in [0.29, 0.717) is 58.7 Å². The number of nitrogens with one attached hydrogen (secondary N) is 3. The average molecular weight is 494 g/mol. The van der Waals surface area contributed by atoms with Crippen molar-refractivity contribution in [2.24, 2.45) is 0 Å². The van der Waals surface area contributed by atoms with Crippen molar-refractivity contribution in [1.82, 2.24) is 35.4 Å². The van der Waals surface area contributed by atoms with E-state index in [1.165, 1.54) is 0 Å². The van der Waals surface area contributed by atoms with E-state index in [2.05, 4.69) is 30.5 Å². The quantitative estimate of drug-likeness (QED) is 0.393. The lowest BCUT2D eigenvalue weighted by atomic mass is 10.0. The molecule has 1 atom stereocenters. The number of benzene rings is 1. The van der Waals surface area contributed by atoms with Crippen molar-refractivity contribution in [2.75, 3.05) is 13.1 Å². The Kier molecular flexibility index (Phi) is 5.65. The molecule has 3 N–H and O–H groups in total. The number of nitrogens with zero attached hydrogens (tertiary/aromatic N) is 4. The molecule has 36 heavy (non-hydrogen) atoms. The smallest absolute Gasteiger partial charge is 0.410 e. The number of amides is 2. The normalized spacial score (nSPS) is 18.2. The molecule has 1 fully saturated rings.